The van der Waals surface area contributed by atoms with Crippen LogP contribution in [0.5, 0.6) is 5.75 Å². The molecule has 0 saturated heterocycles. The molecule has 1 heterocycles. The van der Waals surface area contributed by atoms with Crippen molar-refractivity contribution in [3.63, 3.8) is 0 Å². The van der Waals surface area contributed by atoms with Gasteiger partial charge in [0.15, 0.2) is 6.61 Å². The second-order valence-corrected chi connectivity index (χ2v) is 4.17. The highest BCUT2D eigenvalue weighted by molar-refractivity contribution is 5.98. The molecule has 0 spiro atoms. The van der Waals surface area contributed by atoms with E-state index in [0.29, 0.717) is 31.2 Å². The van der Waals surface area contributed by atoms with E-state index >= 15 is 0 Å². The molecule has 2 N–H and O–H groups in total. The van der Waals surface area contributed by atoms with E-state index in [-0.39, 0.29) is 12.5 Å². The Morgan fingerprint density at radius 3 is 3.06 bits per heavy atom. The Bertz CT molecular complexity index is 434. The van der Waals surface area contributed by atoms with Crippen molar-refractivity contribution in [2.45, 2.75) is 13.3 Å². The van der Waals surface area contributed by atoms with E-state index in [1.54, 1.807) is 17.0 Å². The lowest BCUT2D eigenvalue weighted by Crippen LogP contribution is -2.40. The normalized spacial score (nSPS) is 14.3. The van der Waals surface area contributed by atoms with Crippen LogP contribution in [0.4, 0.5) is 11.4 Å². The van der Waals surface area contributed by atoms with E-state index < -0.39 is 0 Å². The average molecular weight is 250 g/mol. The first kappa shape index (κ1) is 12.7. The second kappa shape index (κ2) is 5.73. The van der Waals surface area contributed by atoms with Crippen LogP contribution in [-0.4, -0.2) is 32.3 Å². The molecule has 0 unspecified atom stereocenters. The molecule has 0 aliphatic carbocycles. The van der Waals surface area contributed by atoms with Gasteiger partial charge >= 0.3 is 0 Å². The van der Waals surface area contributed by atoms with Crippen molar-refractivity contribution in [1.82, 2.24) is 0 Å². The number of nitrogens with two attached hydrogens (primary N) is 1. The van der Waals surface area contributed by atoms with Gasteiger partial charge < -0.3 is 20.1 Å². The molecule has 0 radical (unpaired) electrons. The summed E-state index contributed by atoms with van der Waals surface area (Å²) in [6.45, 7) is 3.90. The number of nitrogen functional groups attached to an aromatic ring is 1. The third-order valence-corrected chi connectivity index (χ3v) is 2.73. The summed E-state index contributed by atoms with van der Waals surface area (Å²) in [5.41, 5.74) is 7.09. The van der Waals surface area contributed by atoms with Crippen molar-refractivity contribution in [2.75, 3.05) is 37.0 Å². The molecule has 2 rings (SSSR count). The van der Waals surface area contributed by atoms with E-state index in [1.807, 2.05) is 6.07 Å². The number of fused-ring (bicyclic) bond motifs is 1. The summed E-state index contributed by atoms with van der Waals surface area (Å²) in [4.78, 5) is 13.5. The maximum Gasteiger partial charge on any atom is 0.265 e. The first-order chi connectivity index (χ1) is 8.72. The van der Waals surface area contributed by atoms with Crippen LogP contribution in [0.25, 0.3) is 0 Å². The zero-order valence-corrected chi connectivity index (χ0v) is 10.5. The number of benzene rings is 1. The number of amides is 1. The van der Waals surface area contributed by atoms with Crippen molar-refractivity contribution in [3.05, 3.63) is 18.2 Å². The zero-order chi connectivity index (χ0) is 13.0. The van der Waals surface area contributed by atoms with E-state index in [2.05, 4.69) is 6.92 Å². The largest absolute Gasteiger partial charge is 0.481 e. The van der Waals surface area contributed by atoms with Gasteiger partial charge in [0, 0.05) is 24.9 Å². The summed E-state index contributed by atoms with van der Waals surface area (Å²) in [7, 11) is 0. The predicted molar refractivity (Wildman–Crippen MR) is 69.8 cm³/mol. The third-order valence-electron chi connectivity index (χ3n) is 2.73. The minimum absolute atomic E-state index is 0.0487. The number of ether oxygens (including phenoxy) is 2. The van der Waals surface area contributed by atoms with Gasteiger partial charge in [-0.1, -0.05) is 6.92 Å². The Labute approximate surface area is 106 Å². The van der Waals surface area contributed by atoms with Crippen molar-refractivity contribution >= 4 is 17.3 Å². The van der Waals surface area contributed by atoms with Crippen LogP contribution in [0.15, 0.2) is 18.2 Å². The number of hydrogen-bond acceptors (Lipinski definition) is 4. The molecule has 0 saturated carbocycles. The zero-order valence-electron chi connectivity index (χ0n) is 10.5. The van der Waals surface area contributed by atoms with E-state index in [1.165, 1.54) is 0 Å². The van der Waals surface area contributed by atoms with Crippen LogP contribution in [0.1, 0.15) is 13.3 Å². The molecule has 5 heteroatoms. The molecule has 1 aliphatic rings. The fourth-order valence-corrected chi connectivity index (χ4v) is 1.87. The summed E-state index contributed by atoms with van der Waals surface area (Å²) in [6, 6.07) is 5.31. The Morgan fingerprint density at radius 2 is 2.28 bits per heavy atom. The standard InChI is InChI=1S/C13H18N2O3/c1-2-6-17-7-5-15-11-4-3-10(14)8-12(11)18-9-13(15)16/h3-4,8H,2,5-7,9,14H2,1H3. The van der Waals surface area contributed by atoms with Crippen LogP contribution in [0, 0.1) is 0 Å². The van der Waals surface area contributed by atoms with Gasteiger partial charge in [-0.05, 0) is 18.6 Å². The summed E-state index contributed by atoms with van der Waals surface area (Å²) in [5, 5.41) is 0. The molecular weight excluding hydrogens is 232 g/mol. The van der Waals surface area contributed by atoms with Gasteiger partial charge in [-0.15, -0.1) is 0 Å². The molecular formula is C13H18N2O3. The maximum atomic E-state index is 11.8. The Kier molecular flexibility index (Phi) is 4.04. The van der Waals surface area contributed by atoms with Crippen molar-refractivity contribution in [1.29, 1.82) is 0 Å². The van der Waals surface area contributed by atoms with Gasteiger partial charge in [0.2, 0.25) is 0 Å². The van der Waals surface area contributed by atoms with Gasteiger partial charge in [0.1, 0.15) is 5.75 Å². The summed E-state index contributed by atoms with van der Waals surface area (Å²) >= 11 is 0. The van der Waals surface area contributed by atoms with E-state index in [9.17, 15) is 4.79 Å². The highest BCUT2D eigenvalue weighted by atomic mass is 16.5. The SMILES string of the molecule is CCCOCCN1C(=O)COc2cc(N)ccc21. The van der Waals surface area contributed by atoms with Gasteiger partial charge in [0.25, 0.3) is 5.91 Å². The number of hydrogen-bond donors (Lipinski definition) is 1. The number of anilines is 2. The Balaban J connectivity index is 2.08. The minimum Gasteiger partial charge on any atom is -0.481 e. The predicted octanol–water partition coefficient (Wildman–Crippen LogP) is 1.42. The molecule has 18 heavy (non-hydrogen) atoms. The molecule has 1 amide bonds. The van der Waals surface area contributed by atoms with Crippen molar-refractivity contribution < 1.29 is 14.3 Å². The summed E-state index contributed by atoms with van der Waals surface area (Å²) in [6.07, 6.45) is 0.976. The Morgan fingerprint density at radius 1 is 1.44 bits per heavy atom. The number of carbonyl (C=O) groups is 1. The smallest absolute Gasteiger partial charge is 0.265 e. The van der Waals surface area contributed by atoms with Gasteiger partial charge in [-0.25, -0.2) is 0 Å². The first-order valence-corrected chi connectivity index (χ1v) is 6.13. The van der Waals surface area contributed by atoms with Crippen molar-refractivity contribution in [3.8, 4) is 5.75 Å². The quantitative estimate of drug-likeness (QED) is 0.634. The fourth-order valence-electron chi connectivity index (χ4n) is 1.87. The molecule has 98 valence electrons. The molecule has 1 aliphatic heterocycles. The lowest BCUT2D eigenvalue weighted by atomic mass is 10.2. The average Bonchev–Trinajstić information content (AvgIpc) is 2.37. The van der Waals surface area contributed by atoms with Gasteiger partial charge in [0.05, 0.1) is 12.3 Å². The molecule has 0 fully saturated rings. The minimum atomic E-state index is -0.0487. The van der Waals surface area contributed by atoms with E-state index in [0.717, 1.165) is 12.1 Å². The monoisotopic (exact) mass is 250 g/mol. The second-order valence-electron chi connectivity index (χ2n) is 4.17. The number of carbonyl (C=O) groups excluding carboxylic acids is 1. The lowest BCUT2D eigenvalue weighted by molar-refractivity contribution is -0.121. The highest BCUT2D eigenvalue weighted by Gasteiger charge is 2.25. The summed E-state index contributed by atoms with van der Waals surface area (Å²) < 4.78 is 10.8. The van der Waals surface area contributed by atoms with Crippen LogP contribution in [0.2, 0.25) is 0 Å². The number of rotatable bonds is 5. The number of nitrogens with zero attached hydrogens (tertiary/aromatic N) is 1. The molecule has 0 atom stereocenters. The highest BCUT2D eigenvalue weighted by Crippen LogP contribution is 2.33. The third kappa shape index (κ3) is 2.73. The molecule has 0 aromatic heterocycles. The van der Waals surface area contributed by atoms with Gasteiger partial charge in [-0.3, -0.25) is 4.79 Å². The Hall–Kier alpha value is -1.75. The first-order valence-electron chi connectivity index (χ1n) is 6.13. The molecule has 1 aromatic rings. The van der Waals surface area contributed by atoms with Crippen molar-refractivity contribution in [2.24, 2.45) is 0 Å². The van der Waals surface area contributed by atoms with Crippen LogP contribution >= 0.6 is 0 Å². The molecule has 0 bridgehead atoms. The van der Waals surface area contributed by atoms with Gasteiger partial charge in [-0.2, -0.15) is 0 Å². The topological polar surface area (TPSA) is 64.8 Å². The van der Waals surface area contributed by atoms with Crippen LogP contribution in [-0.2, 0) is 9.53 Å². The van der Waals surface area contributed by atoms with E-state index in [4.69, 9.17) is 15.2 Å². The molecule has 5 nitrogen and oxygen atoms in total. The molecule has 1 aromatic carbocycles. The lowest BCUT2D eigenvalue weighted by Gasteiger charge is -2.29. The van der Waals surface area contributed by atoms with Crippen LogP contribution < -0.4 is 15.4 Å². The summed E-state index contributed by atoms with van der Waals surface area (Å²) in [5.74, 6) is 0.609. The maximum absolute atomic E-state index is 11.8. The van der Waals surface area contributed by atoms with Crippen LogP contribution in [0.3, 0.4) is 0 Å². The fraction of sp³-hybridized carbons (Fsp3) is 0.462.